The highest BCUT2D eigenvalue weighted by Gasteiger charge is 2.46. The summed E-state index contributed by atoms with van der Waals surface area (Å²) in [6.45, 7) is 0. The van der Waals surface area contributed by atoms with Gasteiger partial charge < -0.3 is 4.90 Å². The molecule has 0 heterocycles. The Morgan fingerprint density at radius 1 is 0.250 bits per heavy atom. The van der Waals surface area contributed by atoms with Gasteiger partial charge in [-0.15, -0.1) is 0 Å². The van der Waals surface area contributed by atoms with Gasteiger partial charge in [0.1, 0.15) is 0 Å². The molecule has 1 aliphatic rings. The lowest BCUT2D eigenvalue weighted by Crippen LogP contribution is -2.28. The van der Waals surface area contributed by atoms with Crippen molar-refractivity contribution in [2.45, 2.75) is 5.41 Å². The van der Waals surface area contributed by atoms with Gasteiger partial charge in [-0.3, -0.25) is 0 Å². The first kappa shape index (κ1) is 35.4. The van der Waals surface area contributed by atoms with E-state index in [-0.39, 0.29) is 0 Å². The molecule has 0 saturated heterocycles. The van der Waals surface area contributed by atoms with Crippen LogP contribution in [-0.2, 0) is 5.41 Å². The van der Waals surface area contributed by atoms with E-state index in [0.717, 1.165) is 17.1 Å². The Morgan fingerprint density at radius 3 is 1.32 bits per heavy atom. The van der Waals surface area contributed by atoms with E-state index in [2.05, 4.69) is 254 Å². The van der Waals surface area contributed by atoms with Gasteiger partial charge in [0.25, 0.3) is 0 Å². The van der Waals surface area contributed by atoms with Crippen molar-refractivity contribution in [1.82, 2.24) is 0 Å². The van der Waals surface area contributed by atoms with Crippen LogP contribution in [0.2, 0.25) is 0 Å². The Morgan fingerprint density at radius 2 is 0.683 bits per heavy atom. The van der Waals surface area contributed by atoms with E-state index >= 15 is 0 Å². The van der Waals surface area contributed by atoms with Gasteiger partial charge in [-0.05, 0) is 120 Å². The molecule has 0 aromatic heterocycles. The average Bonchev–Trinajstić information content (AvgIpc) is 3.63. The summed E-state index contributed by atoms with van der Waals surface area (Å²) in [5, 5.41) is 2.50. The molecular formula is C59H41N. The minimum absolute atomic E-state index is 0.495. The van der Waals surface area contributed by atoms with E-state index in [0.29, 0.717) is 0 Å². The molecule has 0 amide bonds. The van der Waals surface area contributed by atoms with E-state index in [9.17, 15) is 0 Å². The predicted molar refractivity (Wildman–Crippen MR) is 252 cm³/mol. The molecule has 0 fully saturated rings. The third kappa shape index (κ3) is 6.03. The maximum Gasteiger partial charge on any atom is 0.0713 e. The number of hydrogen-bond donors (Lipinski definition) is 0. The van der Waals surface area contributed by atoms with Gasteiger partial charge in [-0.2, -0.15) is 0 Å². The van der Waals surface area contributed by atoms with Gasteiger partial charge in [0.2, 0.25) is 0 Å². The lowest BCUT2D eigenvalue weighted by molar-refractivity contribution is 0.768. The van der Waals surface area contributed by atoms with Crippen LogP contribution in [0.4, 0.5) is 17.1 Å². The zero-order chi connectivity index (χ0) is 39.9. The monoisotopic (exact) mass is 763 g/mol. The molecule has 1 nitrogen and oxygen atoms in total. The van der Waals surface area contributed by atoms with Crippen LogP contribution in [0.15, 0.2) is 249 Å². The van der Waals surface area contributed by atoms with Crippen LogP contribution in [0.25, 0.3) is 55.3 Å². The fraction of sp³-hybridized carbons (Fsp3) is 0.0169. The maximum atomic E-state index is 2.42. The van der Waals surface area contributed by atoms with E-state index in [1.807, 2.05) is 0 Å². The van der Waals surface area contributed by atoms with Crippen molar-refractivity contribution < 1.29 is 0 Å². The smallest absolute Gasteiger partial charge is 0.0713 e. The highest BCUT2D eigenvalue weighted by Crippen LogP contribution is 2.57. The molecule has 1 unspecified atom stereocenters. The lowest BCUT2D eigenvalue weighted by Gasteiger charge is -2.34. The fourth-order valence-electron chi connectivity index (χ4n) is 9.48. The zero-order valence-electron chi connectivity index (χ0n) is 33.1. The fourth-order valence-corrected chi connectivity index (χ4v) is 9.48. The second-order valence-corrected chi connectivity index (χ2v) is 15.7. The van der Waals surface area contributed by atoms with Crippen molar-refractivity contribution in [3.8, 4) is 44.5 Å². The first-order valence-corrected chi connectivity index (χ1v) is 20.7. The third-order valence-electron chi connectivity index (χ3n) is 12.4. The predicted octanol–water partition coefficient (Wildman–Crippen LogP) is 15.7. The number of fused-ring (bicyclic) bond motifs is 4. The molecule has 1 heteroatoms. The average molecular weight is 764 g/mol. The molecule has 0 N–H and O–H groups in total. The van der Waals surface area contributed by atoms with Gasteiger partial charge in [0.05, 0.1) is 5.41 Å². The molecule has 0 bridgehead atoms. The van der Waals surface area contributed by atoms with Crippen molar-refractivity contribution in [3.63, 3.8) is 0 Å². The Balaban J connectivity index is 1.07. The molecule has 0 saturated carbocycles. The molecule has 1 atom stereocenters. The van der Waals surface area contributed by atoms with Crippen LogP contribution in [0.1, 0.15) is 22.3 Å². The van der Waals surface area contributed by atoms with Crippen LogP contribution in [-0.4, -0.2) is 0 Å². The molecular weight excluding hydrogens is 723 g/mol. The second-order valence-electron chi connectivity index (χ2n) is 15.7. The normalized spacial score (nSPS) is 14.1. The standard InChI is InChI=1S/C59H41N/c1-4-14-42(15-5-1)45-26-32-51(33-27-45)59(50-20-8-3-9-21-50)57-23-13-12-22-55(57)56-41-54(38-39-58(56)59)60(52-34-28-46(29-35-52)43-16-6-2-7-17-43)53-36-30-47(31-37-53)49-25-24-44-18-10-11-19-48(44)40-49/h1-41H. The molecule has 282 valence electrons. The molecule has 10 aromatic rings. The molecule has 11 rings (SSSR count). The van der Waals surface area contributed by atoms with Gasteiger partial charge in [-0.1, -0.05) is 206 Å². The summed E-state index contributed by atoms with van der Waals surface area (Å²) in [6, 6.07) is 91.0. The Hall–Kier alpha value is -7.74. The number of nitrogens with zero attached hydrogens (tertiary/aromatic N) is 1. The van der Waals surface area contributed by atoms with Crippen molar-refractivity contribution >= 4 is 27.8 Å². The zero-order valence-corrected chi connectivity index (χ0v) is 33.1. The highest BCUT2D eigenvalue weighted by molar-refractivity contribution is 5.91. The summed E-state index contributed by atoms with van der Waals surface area (Å²) in [5.74, 6) is 0. The third-order valence-corrected chi connectivity index (χ3v) is 12.4. The summed E-state index contributed by atoms with van der Waals surface area (Å²) in [5.41, 5.74) is 17.7. The highest BCUT2D eigenvalue weighted by atomic mass is 15.1. The lowest BCUT2D eigenvalue weighted by atomic mass is 9.67. The van der Waals surface area contributed by atoms with Crippen molar-refractivity contribution in [1.29, 1.82) is 0 Å². The van der Waals surface area contributed by atoms with Gasteiger partial charge in [0.15, 0.2) is 0 Å². The molecule has 10 aromatic carbocycles. The van der Waals surface area contributed by atoms with Crippen LogP contribution < -0.4 is 4.90 Å². The van der Waals surface area contributed by atoms with Crippen LogP contribution in [0, 0.1) is 0 Å². The first-order chi connectivity index (χ1) is 29.7. The van der Waals surface area contributed by atoms with Crippen LogP contribution in [0.5, 0.6) is 0 Å². The number of anilines is 3. The quantitative estimate of drug-likeness (QED) is 0.149. The largest absolute Gasteiger partial charge is 0.310 e. The van der Waals surface area contributed by atoms with Gasteiger partial charge in [-0.25, -0.2) is 0 Å². The van der Waals surface area contributed by atoms with Crippen LogP contribution in [0.3, 0.4) is 0 Å². The molecule has 0 spiro atoms. The molecule has 0 aliphatic heterocycles. The van der Waals surface area contributed by atoms with E-state index in [4.69, 9.17) is 0 Å². The second kappa shape index (κ2) is 14.9. The number of hydrogen-bond acceptors (Lipinski definition) is 1. The van der Waals surface area contributed by atoms with E-state index in [1.165, 1.54) is 77.5 Å². The minimum Gasteiger partial charge on any atom is -0.310 e. The number of rotatable bonds is 8. The minimum atomic E-state index is -0.495. The molecule has 60 heavy (non-hydrogen) atoms. The summed E-state index contributed by atoms with van der Waals surface area (Å²) in [6.07, 6.45) is 0. The molecule has 1 aliphatic carbocycles. The summed E-state index contributed by atoms with van der Waals surface area (Å²) in [7, 11) is 0. The van der Waals surface area contributed by atoms with E-state index < -0.39 is 5.41 Å². The van der Waals surface area contributed by atoms with Gasteiger partial charge in [0, 0.05) is 17.1 Å². The van der Waals surface area contributed by atoms with Crippen molar-refractivity contribution in [2.24, 2.45) is 0 Å². The Labute approximate surface area is 352 Å². The summed E-state index contributed by atoms with van der Waals surface area (Å²) < 4.78 is 0. The first-order valence-electron chi connectivity index (χ1n) is 20.7. The van der Waals surface area contributed by atoms with E-state index in [1.54, 1.807) is 0 Å². The molecule has 0 radical (unpaired) electrons. The van der Waals surface area contributed by atoms with Crippen LogP contribution >= 0.6 is 0 Å². The van der Waals surface area contributed by atoms with Crippen molar-refractivity contribution in [2.75, 3.05) is 4.90 Å². The van der Waals surface area contributed by atoms with Gasteiger partial charge >= 0.3 is 0 Å². The Kier molecular flexibility index (Phi) is 8.79. The van der Waals surface area contributed by atoms with Crippen molar-refractivity contribution in [3.05, 3.63) is 271 Å². The number of benzene rings is 10. The Bertz CT molecular complexity index is 3100. The topological polar surface area (TPSA) is 3.24 Å². The maximum absolute atomic E-state index is 2.42. The SMILES string of the molecule is c1ccc(-c2ccc(N(c3ccc(-c4ccc5ccccc5c4)cc3)c3ccc4c(c3)-c3ccccc3C4(c3ccccc3)c3ccc(-c4ccccc4)cc3)cc2)cc1. The summed E-state index contributed by atoms with van der Waals surface area (Å²) in [4.78, 5) is 2.40. The summed E-state index contributed by atoms with van der Waals surface area (Å²) >= 11 is 0.